The fraction of sp³-hybridized carbons (Fsp3) is 0.632. The molecule has 7 nitrogen and oxygen atoms in total. The molecular formula is C19H31N3O4S. The summed E-state index contributed by atoms with van der Waals surface area (Å²) in [5.41, 5.74) is 1.91. The lowest BCUT2D eigenvalue weighted by Crippen LogP contribution is -2.47. The molecule has 0 spiro atoms. The number of piperidine rings is 1. The van der Waals surface area contributed by atoms with Gasteiger partial charge in [0.1, 0.15) is 0 Å². The summed E-state index contributed by atoms with van der Waals surface area (Å²) in [7, 11) is -1.94. The van der Waals surface area contributed by atoms with Crippen LogP contribution in [-0.4, -0.2) is 54.2 Å². The van der Waals surface area contributed by atoms with Crippen LogP contribution in [0.2, 0.25) is 0 Å². The van der Waals surface area contributed by atoms with Crippen molar-refractivity contribution < 1.29 is 17.9 Å². The van der Waals surface area contributed by atoms with Gasteiger partial charge in [-0.15, -0.1) is 0 Å². The van der Waals surface area contributed by atoms with Crippen LogP contribution in [0.15, 0.2) is 23.1 Å². The van der Waals surface area contributed by atoms with E-state index in [0.29, 0.717) is 13.2 Å². The van der Waals surface area contributed by atoms with Gasteiger partial charge in [0.2, 0.25) is 15.9 Å². The number of benzene rings is 1. The molecule has 0 aliphatic carbocycles. The van der Waals surface area contributed by atoms with Gasteiger partial charge in [-0.3, -0.25) is 4.79 Å². The normalized spacial score (nSPS) is 16.9. The first-order valence-electron chi connectivity index (χ1n) is 9.31. The number of amides is 1. The van der Waals surface area contributed by atoms with E-state index in [1.54, 1.807) is 25.3 Å². The van der Waals surface area contributed by atoms with Gasteiger partial charge in [0.05, 0.1) is 11.5 Å². The molecule has 1 fully saturated rings. The van der Waals surface area contributed by atoms with E-state index in [-0.39, 0.29) is 29.2 Å². The molecule has 27 heavy (non-hydrogen) atoms. The van der Waals surface area contributed by atoms with Crippen LogP contribution in [0.5, 0.6) is 0 Å². The molecule has 0 radical (unpaired) electrons. The smallest absolute Gasteiger partial charge is 0.240 e. The third-order valence-electron chi connectivity index (χ3n) is 5.21. The summed E-state index contributed by atoms with van der Waals surface area (Å²) in [5, 5.41) is 6.25. The highest BCUT2D eigenvalue weighted by Crippen LogP contribution is 2.28. The molecule has 1 aromatic rings. The molecular weight excluding hydrogens is 366 g/mol. The minimum absolute atomic E-state index is 0.0470. The molecule has 0 atom stereocenters. The number of carbonyl (C=O) groups is 1. The lowest BCUT2D eigenvalue weighted by atomic mass is 9.79. The largest absolute Gasteiger partial charge is 0.384 e. The third kappa shape index (κ3) is 6.27. The summed E-state index contributed by atoms with van der Waals surface area (Å²) < 4.78 is 32.5. The van der Waals surface area contributed by atoms with E-state index in [4.69, 9.17) is 4.74 Å². The first-order valence-corrected chi connectivity index (χ1v) is 10.8. The van der Waals surface area contributed by atoms with Crippen molar-refractivity contribution in [2.45, 2.75) is 38.0 Å². The predicted molar refractivity (Wildman–Crippen MR) is 105 cm³/mol. The number of ether oxygens (including phenoxy) is 1. The Morgan fingerprint density at radius 3 is 2.56 bits per heavy atom. The van der Waals surface area contributed by atoms with E-state index >= 15 is 0 Å². The van der Waals surface area contributed by atoms with Crippen molar-refractivity contribution in [3.8, 4) is 0 Å². The van der Waals surface area contributed by atoms with E-state index < -0.39 is 10.0 Å². The molecule has 1 amide bonds. The summed E-state index contributed by atoms with van der Waals surface area (Å²) in [6.07, 6.45) is 1.99. The van der Waals surface area contributed by atoms with Crippen molar-refractivity contribution in [3.05, 3.63) is 29.3 Å². The number of methoxy groups -OCH3 is 1. The molecule has 1 aliphatic rings. The van der Waals surface area contributed by atoms with Crippen molar-refractivity contribution in [1.29, 1.82) is 0 Å². The second-order valence-electron chi connectivity index (χ2n) is 7.35. The Bertz CT molecular complexity index is 738. The maximum absolute atomic E-state index is 12.4. The number of aryl methyl sites for hydroxylation is 2. The zero-order valence-corrected chi connectivity index (χ0v) is 17.2. The molecule has 8 heteroatoms. The minimum atomic E-state index is -3.61. The summed E-state index contributed by atoms with van der Waals surface area (Å²) >= 11 is 0. The first kappa shape index (κ1) is 21.8. The molecule has 1 aromatic carbocycles. The van der Waals surface area contributed by atoms with E-state index in [1.165, 1.54) is 0 Å². The van der Waals surface area contributed by atoms with Crippen molar-refractivity contribution in [1.82, 2.24) is 15.4 Å². The highest BCUT2D eigenvalue weighted by atomic mass is 32.2. The number of carbonyl (C=O) groups excluding carboxylic acids is 1. The zero-order valence-electron chi connectivity index (χ0n) is 16.4. The molecule has 1 saturated heterocycles. The van der Waals surface area contributed by atoms with Crippen molar-refractivity contribution in [3.63, 3.8) is 0 Å². The lowest BCUT2D eigenvalue weighted by Gasteiger charge is -2.37. The minimum Gasteiger partial charge on any atom is -0.384 e. The van der Waals surface area contributed by atoms with Gasteiger partial charge in [0.15, 0.2) is 0 Å². The Balaban J connectivity index is 1.81. The molecule has 0 unspecified atom stereocenters. The van der Waals surface area contributed by atoms with Crippen LogP contribution >= 0.6 is 0 Å². The molecule has 2 rings (SSSR count). The van der Waals surface area contributed by atoms with Crippen LogP contribution in [0.3, 0.4) is 0 Å². The Labute approximate surface area is 162 Å². The fourth-order valence-corrected chi connectivity index (χ4v) is 4.39. The lowest BCUT2D eigenvalue weighted by molar-refractivity contribution is -0.121. The van der Waals surface area contributed by atoms with Crippen molar-refractivity contribution >= 4 is 15.9 Å². The highest BCUT2D eigenvalue weighted by Gasteiger charge is 2.32. The fourth-order valence-electron chi connectivity index (χ4n) is 3.27. The topological polar surface area (TPSA) is 96.5 Å². The van der Waals surface area contributed by atoms with E-state index in [9.17, 15) is 13.2 Å². The number of hydrogen-bond donors (Lipinski definition) is 3. The maximum Gasteiger partial charge on any atom is 0.240 e. The average molecular weight is 398 g/mol. The molecule has 3 N–H and O–H groups in total. The quantitative estimate of drug-likeness (QED) is 0.580. The van der Waals surface area contributed by atoms with Crippen LogP contribution < -0.4 is 15.4 Å². The van der Waals surface area contributed by atoms with Crippen molar-refractivity contribution in [2.75, 3.05) is 39.9 Å². The molecule has 1 aliphatic heterocycles. The Hall–Kier alpha value is -1.48. The van der Waals surface area contributed by atoms with Gasteiger partial charge in [0.25, 0.3) is 0 Å². The molecule has 0 aromatic heterocycles. The predicted octanol–water partition coefficient (Wildman–Crippen LogP) is 1.10. The number of nitrogens with one attached hydrogen (secondary N) is 3. The second kappa shape index (κ2) is 9.64. The van der Waals surface area contributed by atoms with E-state index in [2.05, 4.69) is 15.4 Å². The van der Waals surface area contributed by atoms with Crippen molar-refractivity contribution in [2.24, 2.45) is 5.41 Å². The number of hydrogen-bond acceptors (Lipinski definition) is 5. The summed E-state index contributed by atoms with van der Waals surface area (Å²) in [6.45, 7) is 6.85. The molecule has 152 valence electrons. The van der Waals surface area contributed by atoms with Crippen LogP contribution in [0.4, 0.5) is 0 Å². The van der Waals surface area contributed by atoms with Gasteiger partial charge < -0.3 is 15.4 Å². The standard InChI is InChI=1S/C19H31N3O4S/c1-15-4-5-17(12-16(15)2)27(24,25)22-9-6-18(23)21-13-19(14-26-3)7-10-20-11-8-19/h4-5,12,20,22H,6-11,13-14H2,1-3H3,(H,21,23). The third-order valence-corrected chi connectivity index (χ3v) is 6.67. The van der Waals surface area contributed by atoms with Gasteiger partial charge in [-0.05, 0) is 63.0 Å². The van der Waals surface area contributed by atoms with E-state index in [1.807, 2.05) is 13.8 Å². The van der Waals surface area contributed by atoms with Crippen LogP contribution in [0.1, 0.15) is 30.4 Å². The van der Waals surface area contributed by atoms with Gasteiger partial charge in [-0.25, -0.2) is 13.1 Å². The maximum atomic E-state index is 12.4. The molecule has 0 bridgehead atoms. The van der Waals surface area contributed by atoms with Gasteiger partial charge >= 0.3 is 0 Å². The summed E-state index contributed by atoms with van der Waals surface area (Å²) in [6, 6.07) is 5.00. The zero-order chi connectivity index (χ0) is 19.9. The van der Waals surface area contributed by atoms with Gasteiger partial charge in [0, 0.05) is 32.0 Å². The number of sulfonamides is 1. The Kier molecular flexibility index (Phi) is 7.79. The Morgan fingerprint density at radius 1 is 1.22 bits per heavy atom. The number of rotatable bonds is 9. The first-order chi connectivity index (χ1) is 12.8. The van der Waals surface area contributed by atoms with Crippen LogP contribution in [0.25, 0.3) is 0 Å². The Morgan fingerprint density at radius 2 is 1.93 bits per heavy atom. The SMILES string of the molecule is COCC1(CNC(=O)CCNS(=O)(=O)c2ccc(C)c(C)c2)CCNCC1. The summed E-state index contributed by atoms with van der Waals surface area (Å²) in [5.74, 6) is -0.160. The van der Waals surface area contributed by atoms with Crippen LogP contribution in [0, 0.1) is 19.3 Å². The second-order valence-corrected chi connectivity index (χ2v) is 9.12. The molecule has 0 saturated carbocycles. The average Bonchev–Trinajstić information content (AvgIpc) is 2.63. The molecule has 1 heterocycles. The highest BCUT2D eigenvalue weighted by molar-refractivity contribution is 7.89. The van der Waals surface area contributed by atoms with E-state index in [0.717, 1.165) is 37.1 Å². The van der Waals surface area contributed by atoms with Crippen LogP contribution in [-0.2, 0) is 19.6 Å². The summed E-state index contributed by atoms with van der Waals surface area (Å²) in [4.78, 5) is 12.4. The van der Waals surface area contributed by atoms with Gasteiger partial charge in [-0.2, -0.15) is 0 Å². The monoisotopic (exact) mass is 397 g/mol. The van der Waals surface area contributed by atoms with Gasteiger partial charge in [-0.1, -0.05) is 6.07 Å².